The number of hydrogen-bond acceptors (Lipinski definition) is 4. The first kappa shape index (κ1) is 11.8. The molecule has 0 saturated heterocycles. The quantitative estimate of drug-likeness (QED) is 0.784. The van der Waals surface area contributed by atoms with Crippen LogP contribution >= 0.6 is 15.9 Å². The molecule has 0 atom stereocenters. The lowest BCUT2D eigenvalue weighted by Crippen LogP contribution is -2.01. The third-order valence-corrected chi connectivity index (χ3v) is 3.10. The molecule has 0 fully saturated rings. The topological polar surface area (TPSA) is 80.9 Å². The van der Waals surface area contributed by atoms with Crippen molar-refractivity contribution < 1.29 is 9.90 Å². The second-order valence-corrected chi connectivity index (χ2v) is 4.72. The second-order valence-electron chi connectivity index (χ2n) is 3.81. The monoisotopic (exact) mass is 318 g/mol. The maximum Gasteiger partial charge on any atom is 0.357 e. The van der Waals surface area contributed by atoms with Gasteiger partial charge in [-0.1, -0.05) is 22.0 Å². The summed E-state index contributed by atoms with van der Waals surface area (Å²) >= 11 is 3.37. The summed E-state index contributed by atoms with van der Waals surface area (Å²) in [6, 6.07) is 7.38. The molecule has 2 heterocycles. The molecule has 1 N–H and O–H groups in total. The van der Waals surface area contributed by atoms with Gasteiger partial charge in [0.05, 0.1) is 11.1 Å². The molecule has 94 valence electrons. The Kier molecular flexibility index (Phi) is 2.75. The normalized spacial score (nSPS) is 10.8. The van der Waals surface area contributed by atoms with Crippen LogP contribution in [0, 0.1) is 0 Å². The van der Waals surface area contributed by atoms with E-state index in [1.807, 2.05) is 24.3 Å². The summed E-state index contributed by atoms with van der Waals surface area (Å²) in [5.74, 6) is -1.10. The van der Waals surface area contributed by atoms with Gasteiger partial charge >= 0.3 is 5.97 Å². The molecule has 7 heteroatoms. The average Bonchev–Trinajstić information content (AvgIpc) is 2.78. The Balaban J connectivity index is 2.33. The van der Waals surface area contributed by atoms with E-state index in [9.17, 15) is 4.79 Å². The molecule has 0 aliphatic heterocycles. The Labute approximate surface area is 115 Å². The van der Waals surface area contributed by atoms with Gasteiger partial charge in [0.25, 0.3) is 0 Å². The maximum atomic E-state index is 11.2. The van der Waals surface area contributed by atoms with Crippen LogP contribution in [0.4, 0.5) is 0 Å². The standard InChI is InChI=1S/C12H7BrN4O2/c13-7-2-1-3-8(4-7)17-11-9(5-14-6-15-11)10(16-17)12(18)19/h1-6H,(H,18,19). The zero-order valence-corrected chi connectivity index (χ0v) is 11.1. The zero-order valence-electron chi connectivity index (χ0n) is 9.49. The molecule has 3 rings (SSSR count). The van der Waals surface area contributed by atoms with Gasteiger partial charge in [-0.3, -0.25) is 0 Å². The average molecular weight is 319 g/mol. The number of fused-ring (bicyclic) bond motifs is 1. The van der Waals surface area contributed by atoms with Crippen LogP contribution in [-0.2, 0) is 0 Å². The number of hydrogen-bond donors (Lipinski definition) is 1. The predicted molar refractivity (Wildman–Crippen MR) is 71.3 cm³/mol. The summed E-state index contributed by atoms with van der Waals surface area (Å²) in [7, 11) is 0. The number of benzene rings is 1. The molecular weight excluding hydrogens is 312 g/mol. The van der Waals surface area contributed by atoms with E-state index >= 15 is 0 Å². The van der Waals surface area contributed by atoms with Gasteiger partial charge in [-0.15, -0.1) is 0 Å². The van der Waals surface area contributed by atoms with E-state index in [2.05, 4.69) is 31.0 Å². The SMILES string of the molecule is O=C(O)c1nn(-c2cccc(Br)c2)c2ncncc12. The molecule has 1 aromatic carbocycles. The number of aromatic nitrogens is 4. The summed E-state index contributed by atoms with van der Waals surface area (Å²) in [6.07, 6.45) is 2.82. The van der Waals surface area contributed by atoms with Crippen LogP contribution in [-0.4, -0.2) is 30.8 Å². The second kappa shape index (κ2) is 4.43. The van der Waals surface area contributed by atoms with Crippen molar-refractivity contribution in [2.75, 3.05) is 0 Å². The van der Waals surface area contributed by atoms with Crippen molar-refractivity contribution in [1.29, 1.82) is 0 Å². The number of nitrogens with zero attached hydrogens (tertiary/aromatic N) is 4. The Hall–Kier alpha value is -2.28. The molecule has 0 spiro atoms. The molecule has 0 bridgehead atoms. The lowest BCUT2D eigenvalue weighted by molar-refractivity contribution is 0.0692. The fourth-order valence-electron chi connectivity index (χ4n) is 1.81. The Morgan fingerprint density at radius 1 is 1.37 bits per heavy atom. The van der Waals surface area contributed by atoms with Crippen LogP contribution in [0.3, 0.4) is 0 Å². The van der Waals surface area contributed by atoms with Gasteiger partial charge in [0, 0.05) is 10.7 Å². The van der Waals surface area contributed by atoms with Crippen molar-refractivity contribution in [3.8, 4) is 5.69 Å². The molecule has 0 unspecified atom stereocenters. The summed E-state index contributed by atoms with van der Waals surface area (Å²) in [4.78, 5) is 19.1. The van der Waals surface area contributed by atoms with E-state index in [-0.39, 0.29) is 5.69 Å². The zero-order chi connectivity index (χ0) is 13.4. The predicted octanol–water partition coefficient (Wildman–Crippen LogP) is 2.28. The first-order valence-corrected chi connectivity index (χ1v) is 6.14. The van der Waals surface area contributed by atoms with Crippen LogP contribution in [0.15, 0.2) is 41.3 Å². The van der Waals surface area contributed by atoms with Gasteiger partial charge < -0.3 is 5.11 Å². The lowest BCUT2D eigenvalue weighted by Gasteiger charge is -2.02. The molecule has 19 heavy (non-hydrogen) atoms. The molecule has 0 amide bonds. The van der Waals surface area contributed by atoms with E-state index in [0.717, 1.165) is 10.2 Å². The van der Waals surface area contributed by atoms with Crippen LogP contribution < -0.4 is 0 Å². The maximum absolute atomic E-state index is 11.2. The molecule has 3 aromatic rings. The Morgan fingerprint density at radius 3 is 2.95 bits per heavy atom. The lowest BCUT2D eigenvalue weighted by atomic mass is 10.3. The first-order chi connectivity index (χ1) is 9.16. The van der Waals surface area contributed by atoms with Gasteiger partial charge in [-0.2, -0.15) is 5.10 Å². The highest BCUT2D eigenvalue weighted by molar-refractivity contribution is 9.10. The van der Waals surface area contributed by atoms with E-state index in [4.69, 9.17) is 5.11 Å². The van der Waals surface area contributed by atoms with Gasteiger partial charge in [-0.25, -0.2) is 19.4 Å². The van der Waals surface area contributed by atoms with E-state index < -0.39 is 5.97 Å². The number of rotatable bonds is 2. The molecule has 6 nitrogen and oxygen atoms in total. The van der Waals surface area contributed by atoms with Gasteiger partial charge in [0.2, 0.25) is 0 Å². The largest absolute Gasteiger partial charge is 0.476 e. The van der Waals surface area contributed by atoms with Crippen molar-refractivity contribution in [1.82, 2.24) is 19.7 Å². The highest BCUT2D eigenvalue weighted by Crippen LogP contribution is 2.21. The highest BCUT2D eigenvalue weighted by atomic mass is 79.9. The van der Waals surface area contributed by atoms with Crippen molar-refractivity contribution in [2.24, 2.45) is 0 Å². The molecule has 0 saturated carbocycles. The first-order valence-electron chi connectivity index (χ1n) is 5.35. The molecule has 0 radical (unpaired) electrons. The Morgan fingerprint density at radius 2 is 2.21 bits per heavy atom. The summed E-state index contributed by atoms with van der Waals surface area (Å²) in [5.41, 5.74) is 1.13. The number of carboxylic acids is 1. The molecule has 0 aliphatic carbocycles. The molecule has 0 aliphatic rings. The van der Waals surface area contributed by atoms with Crippen LogP contribution in [0.2, 0.25) is 0 Å². The number of aromatic carboxylic acids is 1. The molecular formula is C12H7BrN4O2. The van der Waals surface area contributed by atoms with Crippen LogP contribution in [0.1, 0.15) is 10.5 Å². The summed E-state index contributed by atoms with van der Waals surface area (Å²) in [6.45, 7) is 0. The highest BCUT2D eigenvalue weighted by Gasteiger charge is 2.18. The third-order valence-electron chi connectivity index (χ3n) is 2.60. The van der Waals surface area contributed by atoms with Crippen molar-refractivity contribution >= 4 is 32.9 Å². The summed E-state index contributed by atoms with van der Waals surface area (Å²) in [5, 5.41) is 13.7. The minimum absolute atomic E-state index is 0.0597. The van der Waals surface area contributed by atoms with Gasteiger partial charge in [-0.05, 0) is 18.2 Å². The van der Waals surface area contributed by atoms with Crippen molar-refractivity contribution in [3.05, 3.63) is 47.0 Å². The minimum atomic E-state index is -1.10. The van der Waals surface area contributed by atoms with E-state index in [1.54, 1.807) is 0 Å². The third kappa shape index (κ3) is 1.97. The minimum Gasteiger partial charge on any atom is -0.476 e. The smallest absolute Gasteiger partial charge is 0.357 e. The number of carbonyl (C=O) groups is 1. The fraction of sp³-hybridized carbons (Fsp3) is 0. The molecule has 2 aromatic heterocycles. The van der Waals surface area contributed by atoms with Crippen molar-refractivity contribution in [3.63, 3.8) is 0 Å². The van der Waals surface area contributed by atoms with Gasteiger partial charge in [0.15, 0.2) is 11.3 Å². The van der Waals surface area contributed by atoms with Gasteiger partial charge in [0.1, 0.15) is 6.33 Å². The number of carboxylic acid groups (broad SMARTS) is 1. The van der Waals surface area contributed by atoms with E-state index in [0.29, 0.717) is 11.0 Å². The van der Waals surface area contributed by atoms with Crippen molar-refractivity contribution in [2.45, 2.75) is 0 Å². The number of halogens is 1. The van der Waals surface area contributed by atoms with E-state index in [1.165, 1.54) is 17.2 Å². The fourth-order valence-corrected chi connectivity index (χ4v) is 2.19. The van der Waals surface area contributed by atoms with Crippen LogP contribution in [0.25, 0.3) is 16.7 Å². The summed E-state index contributed by atoms with van der Waals surface area (Å²) < 4.78 is 2.37. The Bertz CT molecular complexity index is 784. The van der Waals surface area contributed by atoms with Crippen LogP contribution in [0.5, 0.6) is 0 Å².